The number of amides is 1. The zero-order valence-electron chi connectivity index (χ0n) is 14.1. The molecule has 0 spiro atoms. The van der Waals surface area contributed by atoms with Crippen molar-refractivity contribution in [3.8, 4) is 16.9 Å². The van der Waals surface area contributed by atoms with Crippen molar-refractivity contribution in [2.75, 3.05) is 13.2 Å². The molecule has 0 aliphatic heterocycles. The number of para-hydroxylation sites is 1. The second kappa shape index (κ2) is 8.11. The summed E-state index contributed by atoms with van der Waals surface area (Å²) >= 11 is 0. The van der Waals surface area contributed by atoms with Crippen LogP contribution in [-0.4, -0.2) is 24.0 Å². The highest BCUT2D eigenvalue weighted by atomic mass is 16.5. The predicted molar refractivity (Wildman–Crippen MR) is 98.7 cm³/mol. The van der Waals surface area contributed by atoms with Crippen LogP contribution in [0.1, 0.15) is 16.2 Å². The molecule has 0 aliphatic carbocycles. The first kappa shape index (κ1) is 16.7. The summed E-state index contributed by atoms with van der Waals surface area (Å²) in [6.45, 7) is 2.67. The average molecular weight is 332 g/mol. The number of carbonyl (C=O) groups is 1. The molecule has 0 saturated heterocycles. The molecule has 25 heavy (non-hydrogen) atoms. The fraction of sp³-hybridized carbons (Fsp3) is 0.143. The van der Waals surface area contributed by atoms with Gasteiger partial charge in [-0.25, -0.2) is 4.98 Å². The number of hydrogen-bond donors (Lipinski definition) is 1. The van der Waals surface area contributed by atoms with E-state index in [4.69, 9.17) is 4.74 Å². The lowest BCUT2D eigenvalue weighted by molar-refractivity contribution is 0.0942. The highest BCUT2D eigenvalue weighted by Gasteiger charge is 2.08. The Morgan fingerprint density at radius 1 is 0.960 bits per heavy atom. The van der Waals surface area contributed by atoms with Crippen LogP contribution in [0.2, 0.25) is 0 Å². The number of carbonyl (C=O) groups excluding carboxylic acids is 1. The van der Waals surface area contributed by atoms with Gasteiger partial charge in [-0.3, -0.25) is 4.79 Å². The van der Waals surface area contributed by atoms with Gasteiger partial charge in [-0.05, 0) is 30.7 Å². The first-order chi connectivity index (χ1) is 12.2. The first-order valence-electron chi connectivity index (χ1n) is 8.23. The molecule has 3 rings (SSSR count). The van der Waals surface area contributed by atoms with Crippen molar-refractivity contribution < 1.29 is 9.53 Å². The van der Waals surface area contributed by atoms with E-state index in [1.54, 1.807) is 6.07 Å². The topological polar surface area (TPSA) is 51.2 Å². The van der Waals surface area contributed by atoms with Gasteiger partial charge >= 0.3 is 0 Å². The molecule has 1 amide bonds. The Bertz CT molecular complexity index is 847. The van der Waals surface area contributed by atoms with E-state index < -0.39 is 0 Å². The highest BCUT2D eigenvalue weighted by molar-refractivity contribution is 5.92. The average Bonchev–Trinajstić information content (AvgIpc) is 2.66. The minimum Gasteiger partial charge on any atom is -0.491 e. The molecule has 0 radical (unpaired) electrons. The molecule has 0 unspecified atom stereocenters. The van der Waals surface area contributed by atoms with E-state index in [1.807, 2.05) is 73.7 Å². The molecule has 3 aromatic rings. The van der Waals surface area contributed by atoms with Crippen LogP contribution < -0.4 is 10.1 Å². The fourth-order valence-corrected chi connectivity index (χ4v) is 2.53. The third kappa shape index (κ3) is 4.44. The molecule has 4 heteroatoms. The second-order valence-electron chi connectivity index (χ2n) is 5.63. The molecular weight excluding hydrogens is 312 g/mol. The molecule has 0 saturated carbocycles. The molecule has 1 N–H and O–H groups in total. The lowest BCUT2D eigenvalue weighted by Gasteiger charge is -2.12. The lowest BCUT2D eigenvalue weighted by atomic mass is 10.1. The van der Waals surface area contributed by atoms with Gasteiger partial charge in [0.05, 0.1) is 6.54 Å². The summed E-state index contributed by atoms with van der Waals surface area (Å²) in [4.78, 5) is 16.3. The summed E-state index contributed by atoms with van der Waals surface area (Å²) in [5.41, 5.74) is 3.38. The van der Waals surface area contributed by atoms with Crippen LogP contribution in [0.25, 0.3) is 11.1 Å². The van der Waals surface area contributed by atoms with Crippen LogP contribution >= 0.6 is 0 Å². The van der Waals surface area contributed by atoms with Crippen LogP contribution in [0.5, 0.6) is 5.75 Å². The minimum atomic E-state index is -0.191. The van der Waals surface area contributed by atoms with E-state index in [9.17, 15) is 4.79 Å². The third-order valence-corrected chi connectivity index (χ3v) is 3.74. The maximum Gasteiger partial charge on any atom is 0.270 e. The molecule has 126 valence electrons. The minimum absolute atomic E-state index is 0.191. The van der Waals surface area contributed by atoms with Gasteiger partial charge in [-0.1, -0.05) is 54.6 Å². The summed E-state index contributed by atoms with van der Waals surface area (Å²) in [7, 11) is 0. The quantitative estimate of drug-likeness (QED) is 0.697. The number of nitrogens with zero attached hydrogens (tertiary/aromatic N) is 1. The van der Waals surface area contributed by atoms with Gasteiger partial charge in [-0.2, -0.15) is 0 Å². The summed E-state index contributed by atoms with van der Waals surface area (Å²) in [5, 5.41) is 2.83. The fourth-order valence-electron chi connectivity index (χ4n) is 2.53. The first-order valence-corrected chi connectivity index (χ1v) is 8.23. The second-order valence-corrected chi connectivity index (χ2v) is 5.63. The van der Waals surface area contributed by atoms with Crippen LogP contribution in [-0.2, 0) is 0 Å². The summed E-state index contributed by atoms with van der Waals surface area (Å²) in [6.07, 6.45) is 0. The molecule has 0 bridgehead atoms. The number of rotatable bonds is 6. The Morgan fingerprint density at radius 3 is 2.52 bits per heavy atom. The van der Waals surface area contributed by atoms with Gasteiger partial charge in [0, 0.05) is 11.3 Å². The molecule has 4 nitrogen and oxygen atoms in total. The van der Waals surface area contributed by atoms with E-state index >= 15 is 0 Å². The largest absolute Gasteiger partial charge is 0.491 e. The molecule has 0 aliphatic rings. The number of aromatic nitrogens is 1. The van der Waals surface area contributed by atoms with Gasteiger partial charge < -0.3 is 10.1 Å². The predicted octanol–water partition coefficient (Wildman–Crippen LogP) is 3.87. The van der Waals surface area contributed by atoms with Crippen LogP contribution in [0.3, 0.4) is 0 Å². The Kier molecular flexibility index (Phi) is 5.42. The summed E-state index contributed by atoms with van der Waals surface area (Å²) in [6, 6.07) is 23.4. The molecule has 0 atom stereocenters. The summed E-state index contributed by atoms with van der Waals surface area (Å²) < 4.78 is 5.87. The Hall–Kier alpha value is -3.14. The van der Waals surface area contributed by atoms with Crippen molar-refractivity contribution in [3.63, 3.8) is 0 Å². The lowest BCUT2D eigenvalue weighted by Crippen LogP contribution is -2.28. The number of pyridine rings is 1. The van der Waals surface area contributed by atoms with Crippen molar-refractivity contribution in [2.45, 2.75) is 6.92 Å². The maximum absolute atomic E-state index is 12.1. The molecule has 1 heterocycles. The van der Waals surface area contributed by atoms with E-state index in [2.05, 4.69) is 10.3 Å². The smallest absolute Gasteiger partial charge is 0.270 e. The number of aryl methyl sites for hydroxylation is 1. The maximum atomic E-state index is 12.1. The third-order valence-electron chi connectivity index (χ3n) is 3.74. The van der Waals surface area contributed by atoms with Crippen LogP contribution in [0.15, 0.2) is 72.8 Å². The van der Waals surface area contributed by atoms with Crippen LogP contribution in [0, 0.1) is 6.92 Å². The van der Waals surface area contributed by atoms with Gasteiger partial charge in [0.15, 0.2) is 0 Å². The van der Waals surface area contributed by atoms with Gasteiger partial charge in [0.1, 0.15) is 18.1 Å². The SMILES string of the molecule is Cc1cccc(C(=O)NCCOc2ccccc2-c2ccccc2)n1. The van der Waals surface area contributed by atoms with Crippen molar-refractivity contribution in [1.82, 2.24) is 10.3 Å². The standard InChI is InChI=1S/C21H20N2O2/c1-16-8-7-12-19(23-16)21(24)22-14-15-25-20-13-6-5-11-18(20)17-9-3-2-4-10-17/h2-13H,14-15H2,1H3,(H,22,24). The number of nitrogens with one attached hydrogen (secondary N) is 1. The molecule has 2 aromatic carbocycles. The van der Waals surface area contributed by atoms with E-state index in [0.29, 0.717) is 18.8 Å². The Balaban J connectivity index is 1.57. The Labute approximate surface area is 147 Å². The Morgan fingerprint density at radius 2 is 1.72 bits per heavy atom. The van der Waals surface area contributed by atoms with Gasteiger partial charge in [0.25, 0.3) is 5.91 Å². The zero-order chi connectivity index (χ0) is 17.5. The van der Waals surface area contributed by atoms with E-state index in [-0.39, 0.29) is 5.91 Å². The number of ether oxygens (including phenoxy) is 1. The zero-order valence-corrected chi connectivity index (χ0v) is 14.1. The molecule has 1 aromatic heterocycles. The van der Waals surface area contributed by atoms with Crippen LogP contribution in [0.4, 0.5) is 0 Å². The number of benzene rings is 2. The monoisotopic (exact) mass is 332 g/mol. The van der Waals surface area contributed by atoms with Gasteiger partial charge in [0.2, 0.25) is 0 Å². The normalized spacial score (nSPS) is 10.3. The van der Waals surface area contributed by atoms with Crippen molar-refractivity contribution in [3.05, 3.63) is 84.2 Å². The van der Waals surface area contributed by atoms with Crippen molar-refractivity contribution in [1.29, 1.82) is 0 Å². The number of hydrogen-bond acceptors (Lipinski definition) is 3. The highest BCUT2D eigenvalue weighted by Crippen LogP contribution is 2.29. The van der Waals surface area contributed by atoms with Crippen molar-refractivity contribution >= 4 is 5.91 Å². The molecular formula is C21H20N2O2. The van der Waals surface area contributed by atoms with E-state index in [0.717, 1.165) is 22.6 Å². The van der Waals surface area contributed by atoms with E-state index in [1.165, 1.54) is 0 Å². The van der Waals surface area contributed by atoms with Crippen molar-refractivity contribution in [2.24, 2.45) is 0 Å². The summed E-state index contributed by atoms with van der Waals surface area (Å²) in [5.74, 6) is 0.611. The molecule has 0 fully saturated rings. The van der Waals surface area contributed by atoms with Gasteiger partial charge in [-0.15, -0.1) is 0 Å².